The summed E-state index contributed by atoms with van der Waals surface area (Å²) >= 11 is 0. The predicted octanol–water partition coefficient (Wildman–Crippen LogP) is 3.51. The van der Waals surface area contributed by atoms with Crippen LogP contribution in [0.1, 0.15) is 28.3 Å². The summed E-state index contributed by atoms with van der Waals surface area (Å²) in [6.45, 7) is 4.21. The lowest BCUT2D eigenvalue weighted by Gasteiger charge is -2.19. The second-order valence-corrected chi connectivity index (χ2v) is 6.94. The Morgan fingerprint density at radius 2 is 1.81 bits per heavy atom. The largest absolute Gasteiger partial charge is 0.312 e. The first-order chi connectivity index (χ1) is 10.1. The van der Waals surface area contributed by atoms with Crippen LogP contribution in [0.3, 0.4) is 0 Å². The maximum atomic E-state index is 12.4. The second kappa shape index (κ2) is 7.53. The van der Waals surface area contributed by atoms with Gasteiger partial charge in [0, 0.05) is 28.3 Å². The van der Waals surface area contributed by atoms with E-state index in [-0.39, 0.29) is 6.04 Å². The Morgan fingerprint density at radius 3 is 2.43 bits per heavy atom. The van der Waals surface area contributed by atoms with Crippen LogP contribution >= 0.6 is 0 Å². The van der Waals surface area contributed by atoms with Gasteiger partial charge in [0.05, 0.1) is 0 Å². The third kappa shape index (κ3) is 4.51. The van der Waals surface area contributed by atoms with E-state index in [1.807, 2.05) is 37.4 Å². The van der Waals surface area contributed by atoms with E-state index in [0.29, 0.717) is 11.5 Å². The molecule has 2 nitrogen and oxygen atoms in total. The number of nitrogens with one attached hydrogen (secondary N) is 1. The van der Waals surface area contributed by atoms with Crippen molar-refractivity contribution in [2.24, 2.45) is 0 Å². The Bertz CT molecular complexity index is 610. The van der Waals surface area contributed by atoms with Crippen molar-refractivity contribution in [3.8, 4) is 0 Å². The summed E-state index contributed by atoms with van der Waals surface area (Å²) < 4.78 is 12.4. The predicted molar refractivity (Wildman–Crippen MR) is 90.9 cm³/mol. The van der Waals surface area contributed by atoms with Gasteiger partial charge in [0.25, 0.3) is 0 Å². The average Bonchev–Trinajstić information content (AvgIpc) is 2.46. The maximum Gasteiger partial charge on any atom is 0.0486 e. The fourth-order valence-corrected chi connectivity index (χ4v) is 3.95. The van der Waals surface area contributed by atoms with E-state index in [2.05, 4.69) is 37.4 Å². The molecule has 2 atom stereocenters. The third-order valence-electron chi connectivity index (χ3n) is 3.67. The fraction of sp³-hybridized carbons (Fsp3) is 0.333. The summed E-state index contributed by atoms with van der Waals surface area (Å²) in [7, 11) is 1.06. The second-order valence-electron chi connectivity index (χ2n) is 5.44. The van der Waals surface area contributed by atoms with Crippen molar-refractivity contribution in [2.75, 3.05) is 12.8 Å². The fourth-order valence-electron chi connectivity index (χ4n) is 2.55. The third-order valence-corrected chi connectivity index (χ3v) is 5.03. The molecule has 2 unspecified atom stereocenters. The molecule has 0 heterocycles. The minimum absolute atomic E-state index is 0.134. The summed E-state index contributed by atoms with van der Waals surface area (Å²) in [4.78, 5) is 0. The first-order valence-corrected chi connectivity index (χ1v) is 8.72. The molecule has 0 radical (unpaired) electrons. The van der Waals surface area contributed by atoms with E-state index in [0.717, 1.165) is 5.56 Å². The van der Waals surface area contributed by atoms with Gasteiger partial charge in [0.1, 0.15) is 0 Å². The van der Waals surface area contributed by atoms with Gasteiger partial charge in [-0.2, -0.15) is 0 Å². The van der Waals surface area contributed by atoms with Gasteiger partial charge < -0.3 is 5.32 Å². The Balaban J connectivity index is 2.06. The van der Waals surface area contributed by atoms with Gasteiger partial charge >= 0.3 is 0 Å². The normalized spacial score (nSPS) is 13.9. The van der Waals surface area contributed by atoms with E-state index in [1.165, 1.54) is 16.7 Å². The van der Waals surface area contributed by atoms with E-state index < -0.39 is 10.8 Å². The van der Waals surface area contributed by atoms with Crippen molar-refractivity contribution in [2.45, 2.75) is 25.6 Å². The maximum absolute atomic E-state index is 12.4. The molecule has 112 valence electrons. The van der Waals surface area contributed by atoms with Gasteiger partial charge in [-0.05, 0) is 37.6 Å². The van der Waals surface area contributed by atoms with Crippen LogP contribution in [-0.4, -0.2) is 17.0 Å². The lowest BCUT2D eigenvalue weighted by Crippen LogP contribution is -2.24. The number of aryl methyl sites for hydroxylation is 2. The molecule has 2 aromatic carbocycles. The molecule has 0 spiro atoms. The molecule has 1 N–H and O–H groups in total. The average molecular weight is 301 g/mol. The molecular formula is C18H23NOS. The molecule has 0 saturated carbocycles. The van der Waals surface area contributed by atoms with Crippen LogP contribution in [0.4, 0.5) is 0 Å². The van der Waals surface area contributed by atoms with Crippen LogP contribution in [0.5, 0.6) is 0 Å². The number of hydrogen-bond acceptors (Lipinski definition) is 2. The molecule has 2 rings (SSSR count). The zero-order valence-corrected chi connectivity index (χ0v) is 13.7. The molecule has 0 fully saturated rings. The van der Waals surface area contributed by atoms with Gasteiger partial charge in [0.15, 0.2) is 0 Å². The Kier molecular flexibility index (Phi) is 5.71. The molecular weight excluding hydrogens is 278 g/mol. The first-order valence-electron chi connectivity index (χ1n) is 7.23. The smallest absolute Gasteiger partial charge is 0.0486 e. The van der Waals surface area contributed by atoms with E-state index >= 15 is 0 Å². The molecule has 0 amide bonds. The highest BCUT2D eigenvalue weighted by Crippen LogP contribution is 2.20. The Morgan fingerprint density at radius 1 is 1.10 bits per heavy atom. The van der Waals surface area contributed by atoms with Gasteiger partial charge in [-0.1, -0.05) is 54.1 Å². The summed E-state index contributed by atoms with van der Waals surface area (Å²) in [6.07, 6.45) is 0. The van der Waals surface area contributed by atoms with Crippen molar-refractivity contribution in [1.82, 2.24) is 5.32 Å². The van der Waals surface area contributed by atoms with E-state index in [1.54, 1.807) is 0 Å². The highest BCUT2D eigenvalue weighted by Gasteiger charge is 2.15. The van der Waals surface area contributed by atoms with Crippen LogP contribution in [0.15, 0.2) is 48.5 Å². The lowest BCUT2D eigenvalue weighted by molar-refractivity contribution is 0.633. The highest BCUT2D eigenvalue weighted by molar-refractivity contribution is 7.84. The topological polar surface area (TPSA) is 29.1 Å². The minimum Gasteiger partial charge on any atom is -0.312 e. The summed E-state index contributed by atoms with van der Waals surface area (Å²) in [5.74, 6) is 1.25. The standard InChI is InChI=1S/C18H23NOS/c1-14-9-10-17(15(2)11-14)18(19-3)13-21(20)12-16-7-5-4-6-8-16/h4-11,18-19H,12-13H2,1-3H3. The molecule has 21 heavy (non-hydrogen) atoms. The summed E-state index contributed by atoms with van der Waals surface area (Å²) in [6, 6.07) is 16.6. The SMILES string of the molecule is CNC(CS(=O)Cc1ccccc1)c1ccc(C)cc1C. The van der Waals surface area contributed by atoms with Crippen molar-refractivity contribution in [1.29, 1.82) is 0 Å². The van der Waals surface area contributed by atoms with Gasteiger partial charge in [-0.15, -0.1) is 0 Å². The van der Waals surface area contributed by atoms with Gasteiger partial charge in [-0.3, -0.25) is 4.21 Å². The van der Waals surface area contributed by atoms with Crippen LogP contribution in [0.2, 0.25) is 0 Å². The quantitative estimate of drug-likeness (QED) is 0.884. The minimum atomic E-state index is -0.878. The zero-order chi connectivity index (χ0) is 15.2. The van der Waals surface area contributed by atoms with Crippen molar-refractivity contribution in [3.63, 3.8) is 0 Å². The van der Waals surface area contributed by atoms with Crippen LogP contribution in [-0.2, 0) is 16.6 Å². The van der Waals surface area contributed by atoms with Crippen molar-refractivity contribution < 1.29 is 4.21 Å². The molecule has 0 aromatic heterocycles. The monoisotopic (exact) mass is 301 g/mol. The number of benzene rings is 2. The van der Waals surface area contributed by atoms with Crippen molar-refractivity contribution >= 4 is 10.8 Å². The summed E-state index contributed by atoms with van der Waals surface area (Å²) in [5.41, 5.74) is 4.89. The van der Waals surface area contributed by atoms with E-state index in [9.17, 15) is 4.21 Å². The van der Waals surface area contributed by atoms with Crippen molar-refractivity contribution in [3.05, 3.63) is 70.8 Å². The molecule has 0 saturated heterocycles. The lowest BCUT2D eigenvalue weighted by atomic mass is 10.0. The first kappa shape index (κ1) is 15.9. The molecule has 0 aliphatic carbocycles. The number of hydrogen-bond donors (Lipinski definition) is 1. The summed E-state index contributed by atoms with van der Waals surface area (Å²) in [5, 5.41) is 3.30. The molecule has 0 aliphatic rings. The van der Waals surface area contributed by atoms with Gasteiger partial charge in [0.2, 0.25) is 0 Å². The van der Waals surface area contributed by atoms with Gasteiger partial charge in [-0.25, -0.2) is 0 Å². The highest BCUT2D eigenvalue weighted by atomic mass is 32.2. The number of rotatable bonds is 6. The molecule has 0 bridgehead atoms. The zero-order valence-electron chi connectivity index (χ0n) is 12.9. The van der Waals surface area contributed by atoms with Crippen LogP contribution in [0, 0.1) is 13.8 Å². The molecule has 3 heteroatoms. The van der Waals surface area contributed by atoms with Crippen LogP contribution < -0.4 is 5.32 Å². The van der Waals surface area contributed by atoms with E-state index in [4.69, 9.17) is 0 Å². The Hall–Kier alpha value is -1.45. The molecule has 2 aromatic rings. The van der Waals surface area contributed by atoms with Crippen LogP contribution in [0.25, 0.3) is 0 Å². The Labute approximate surface area is 130 Å². The molecule has 0 aliphatic heterocycles.